The molecule has 0 aliphatic carbocycles. The molecular weight excluding hydrogens is 352 g/mol. The van der Waals surface area contributed by atoms with Crippen molar-refractivity contribution >= 4 is 28.7 Å². The third kappa shape index (κ3) is 4.16. The number of nitrogens with one attached hydrogen (secondary N) is 1. The number of piperidine rings is 1. The van der Waals surface area contributed by atoms with Crippen molar-refractivity contribution < 1.29 is 23.9 Å². The van der Waals surface area contributed by atoms with Crippen molar-refractivity contribution in [1.82, 2.24) is 9.88 Å². The van der Waals surface area contributed by atoms with Crippen LogP contribution in [0.4, 0.5) is 0 Å². The average Bonchev–Trinajstić information content (AvgIpc) is 2.70. The number of para-hydroxylation sites is 1. The van der Waals surface area contributed by atoms with E-state index < -0.39 is 18.1 Å². The number of carbonyl (C=O) groups is 3. The first-order valence-corrected chi connectivity index (χ1v) is 8.64. The van der Waals surface area contributed by atoms with Crippen molar-refractivity contribution in [1.29, 1.82) is 0 Å². The van der Waals surface area contributed by atoms with E-state index in [1.165, 1.54) is 7.11 Å². The molecule has 0 unspecified atom stereocenters. The van der Waals surface area contributed by atoms with E-state index in [1.807, 2.05) is 0 Å². The van der Waals surface area contributed by atoms with Gasteiger partial charge in [-0.1, -0.05) is 18.2 Å². The maximum absolute atomic E-state index is 12.4. The molecule has 2 aromatic rings. The van der Waals surface area contributed by atoms with Crippen molar-refractivity contribution in [3.8, 4) is 0 Å². The second-order valence-corrected chi connectivity index (χ2v) is 6.35. The van der Waals surface area contributed by atoms with Gasteiger partial charge in [-0.05, 0) is 18.9 Å². The Labute approximate surface area is 155 Å². The zero-order valence-electron chi connectivity index (χ0n) is 14.9. The smallest absolute Gasteiger partial charge is 0.339 e. The zero-order valence-corrected chi connectivity index (χ0v) is 14.9. The standard InChI is InChI=1S/C19H20N2O6/c1-26-18(24)12-6-8-21(9-7-12)17(23)11-27-19(25)14-10-16(22)20-15-5-3-2-4-13(14)15/h2-5,10,12H,6-9,11H2,1H3,(H,20,22). The lowest BCUT2D eigenvalue weighted by atomic mass is 9.97. The van der Waals surface area contributed by atoms with Gasteiger partial charge in [-0.2, -0.15) is 0 Å². The van der Waals surface area contributed by atoms with Crippen LogP contribution in [0.2, 0.25) is 0 Å². The van der Waals surface area contributed by atoms with Gasteiger partial charge in [-0.3, -0.25) is 14.4 Å². The number of hydrogen-bond acceptors (Lipinski definition) is 6. The molecule has 0 saturated carbocycles. The summed E-state index contributed by atoms with van der Waals surface area (Å²) in [6.07, 6.45) is 1.04. The van der Waals surface area contributed by atoms with Gasteiger partial charge in [0.15, 0.2) is 6.61 Å². The molecule has 3 rings (SSSR count). The Morgan fingerprint density at radius 3 is 2.59 bits per heavy atom. The number of likely N-dealkylation sites (tertiary alicyclic amines) is 1. The summed E-state index contributed by atoms with van der Waals surface area (Å²) in [5, 5.41) is 0.549. The summed E-state index contributed by atoms with van der Waals surface area (Å²) in [7, 11) is 1.34. The van der Waals surface area contributed by atoms with Crippen LogP contribution in [0.3, 0.4) is 0 Å². The van der Waals surface area contributed by atoms with Crippen LogP contribution in [-0.2, 0) is 19.1 Å². The summed E-state index contributed by atoms with van der Waals surface area (Å²) < 4.78 is 9.85. The fourth-order valence-corrected chi connectivity index (χ4v) is 3.20. The molecule has 1 aromatic carbocycles. The van der Waals surface area contributed by atoms with Crippen LogP contribution in [0, 0.1) is 5.92 Å². The number of fused-ring (bicyclic) bond motifs is 1. The molecule has 0 radical (unpaired) electrons. The number of benzene rings is 1. The molecule has 27 heavy (non-hydrogen) atoms. The minimum Gasteiger partial charge on any atom is -0.469 e. The molecule has 1 aliphatic rings. The monoisotopic (exact) mass is 372 g/mol. The number of rotatable bonds is 4. The number of hydrogen-bond donors (Lipinski definition) is 1. The number of carbonyl (C=O) groups excluding carboxylic acids is 3. The van der Waals surface area contributed by atoms with E-state index in [0.717, 1.165) is 6.07 Å². The van der Waals surface area contributed by atoms with Crippen molar-refractivity contribution in [2.24, 2.45) is 5.92 Å². The Hall–Kier alpha value is -3.16. The van der Waals surface area contributed by atoms with Gasteiger partial charge in [-0.25, -0.2) is 4.79 Å². The molecule has 142 valence electrons. The Kier molecular flexibility index (Phi) is 5.54. The summed E-state index contributed by atoms with van der Waals surface area (Å²) >= 11 is 0. The highest BCUT2D eigenvalue weighted by Gasteiger charge is 2.28. The first-order chi connectivity index (χ1) is 13.0. The fraction of sp³-hybridized carbons (Fsp3) is 0.368. The van der Waals surface area contributed by atoms with Gasteiger partial charge in [0.1, 0.15) is 0 Å². The van der Waals surface area contributed by atoms with Crippen LogP contribution in [0.1, 0.15) is 23.2 Å². The number of H-pyrrole nitrogens is 1. The van der Waals surface area contributed by atoms with Crippen LogP contribution < -0.4 is 5.56 Å². The molecule has 1 aromatic heterocycles. The fourth-order valence-electron chi connectivity index (χ4n) is 3.20. The van der Waals surface area contributed by atoms with Gasteiger partial charge in [0.05, 0.1) is 18.6 Å². The van der Waals surface area contributed by atoms with E-state index in [0.29, 0.717) is 36.8 Å². The topological polar surface area (TPSA) is 106 Å². The van der Waals surface area contributed by atoms with E-state index in [-0.39, 0.29) is 23.4 Å². The van der Waals surface area contributed by atoms with Crippen LogP contribution in [0.15, 0.2) is 35.1 Å². The normalized spacial score (nSPS) is 14.8. The Balaban J connectivity index is 1.61. The molecule has 0 atom stereocenters. The SMILES string of the molecule is COC(=O)C1CCN(C(=O)COC(=O)c2cc(=O)[nH]c3ccccc23)CC1. The highest BCUT2D eigenvalue weighted by Crippen LogP contribution is 2.19. The first-order valence-electron chi connectivity index (χ1n) is 8.64. The molecule has 1 N–H and O–H groups in total. The summed E-state index contributed by atoms with van der Waals surface area (Å²) in [5.41, 5.74) is 0.219. The molecular formula is C19H20N2O6. The van der Waals surface area contributed by atoms with Gasteiger partial charge < -0.3 is 19.4 Å². The van der Waals surface area contributed by atoms with Crippen molar-refractivity contribution in [2.75, 3.05) is 26.8 Å². The lowest BCUT2D eigenvalue weighted by Crippen LogP contribution is -2.42. The molecule has 8 nitrogen and oxygen atoms in total. The number of aromatic amines is 1. The van der Waals surface area contributed by atoms with Crippen LogP contribution in [0.25, 0.3) is 10.9 Å². The maximum atomic E-state index is 12.4. The molecule has 1 amide bonds. The Morgan fingerprint density at radius 2 is 1.89 bits per heavy atom. The van der Waals surface area contributed by atoms with E-state index in [4.69, 9.17) is 9.47 Å². The van der Waals surface area contributed by atoms with Crippen molar-refractivity contribution in [3.63, 3.8) is 0 Å². The van der Waals surface area contributed by atoms with E-state index >= 15 is 0 Å². The highest BCUT2D eigenvalue weighted by molar-refractivity contribution is 6.03. The molecule has 1 aliphatic heterocycles. The van der Waals surface area contributed by atoms with Crippen LogP contribution in [0.5, 0.6) is 0 Å². The molecule has 2 heterocycles. The largest absolute Gasteiger partial charge is 0.469 e. The number of methoxy groups -OCH3 is 1. The lowest BCUT2D eigenvalue weighted by molar-refractivity contribution is -0.149. The van der Waals surface area contributed by atoms with Crippen LogP contribution >= 0.6 is 0 Å². The summed E-state index contributed by atoms with van der Waals surface area (Å²) in [4.78, 5) is 52.1. The quantitative estimate of drug-likeness (QED) is 0.806. The minimum atomic E-state index is -0.727. The number of esters is 2. The van der Waals surface area contributed by atoms with Gasteiger partial charge in [0.2, 0.25) is 5.56 Å². The van der Waals surface area contributed by atoms with E-state index in [9.17, 15) is 19.2 Å². The first kappa shape index (κ1) is 18.6. The van der Waals surface area contributed by atoms with E-state index in [1.54, 1.807) is 29.2 Å². The molecule has 0 spiro atoms. The number of nitrogens with zero attached hydrogens (tertiary/aromatic N) is 1. The van der Waals surface area contributed by atoms with Gasteiger partial charge in [-0.15, -0.1) is 0 Å². The summed E-state index contributed by atoms with van der Waals surface area (Å²) in [5.74, 6) is -1.53. The second-order valence-electron chi connectivity index (χ2n) is 6.35. The van der Waals surface area contributed by atoms with Crippen molar-refractivity contribution in [2.45, 2.75) is 12.8 Å². The third-order valence-electron chi connectivity index (χ3n) is 4.68. The molecule has 0 bridgehead atoms. The number of ether oxygens (including phenoxy) is 2. The molecule has 8 heteroatoms. The maximum Gasteiger partial charge on any atom is 0.339 e. The van der Waals surface area contributed by atoms with Gasteiger partial charge in [0, 0.05) is 30.1 Å². The van der Waals surface area contributed by atoms with E-state index in [2.05, 4.69) is 4.98 Å². The minimum absolute atomic E-state index is 0.117. The average molecular weight is 372 g/mol. The number of pyridine rings is 1. The predicted octanol–water partition coefficient (Wildman–Crippen LogP) is 1.10. The number of aromatic nitrogens is 1. The highest BCUT2D eigenvalue weighted by atomic mass is 16.5. The molecule has 1 saturated heterocycles. The van der Waals surface area contributed by atoms with Gasteiger partial charge >= 0.3 is 11.9 Å². The summed E-state index contributed by atoms with van der Waals surface area (Å²) in [6, 6.07) is 8.03. The molecule has 1 fully saturated rings. The second kappa shape index (κ2) is 8.03. The Bertz CT molecular complexity index is 927. The zero-order chi connectivity index (χ0) is 19.4. The lowest BCUT2D eigenvalue weighted by Gasteiger charge is -2.30. The van der Waals surface area contributed by atoms with Crippen molar-refractivity contribution in [3.05, 3.63) is 46.2 Å². The van der Waals surface area contributed by atoms with Gasteiger partial charge in [0.25, 0.3) is 5.91 Å². The number of amides is 1. The predicted molar refractivity (Wildman–Crippen MR) is 96.2 cm³/mol. The Morgan fingerprint density at radius 1 is 1.19 bits per heavy atom. The van der Waals surface area contributed by atoms with Crippen LogP contribution in [-0.4, -0.2) is 54.5 Å². The third-order valence-corrected chi connectivity index (χ3v) is 4.68. The summed E-state index contributed by atoms with van der Waals surface area (Å²) in [6.45, 7) is 0.400.